The Morgan fingerprint density at radius 1 is 1.71 bits per heavy atom. The van der Waals surface area contributed by atoms with E-state index in [1.54, 1.807) is 11.8 Å². The second-order valence-corrected chi connectivity index (χ2v) is 6.63. The van der Waals surface area contributed by atoms with E-state index in [1.807, 2.05) is 12.3 Å². The fraction of sp³-hybridized carbons (Fsp3) is 0.583. The molecule has 1 aliphatic carbocycles. The zero-order chi connectivity index (χ0) is 12.4. The Bertz CT molecular complexity index is 415. The molecule has 1 atom stereocenters. The van der Waals surface area contributed by atoms with Gasteiger partial charge in [-0.1, -0.05) is 6.92 Å². The fourth-order valence-corrected chi connectivity index (χ4v) is 2.38. The van der Waals surface area contributed by atoms with Gasteiger partial charge in [-0.3, -0.25) is 4.79 Å². The smallest absolute Gasteiger partial charge is 0.267 e. The lowest BCUT2D eigenvalue weighted by Gasteiger charge is -2.11. The van der Waals surface area contributed by atoms with E-state index in [1.165, 1.54) is 12.8 Å². The normalized spacial score (nSPS) is 16.9. The molecule has 1 fully saturated rings. The molecule has 1 aromatic heterocycles. The van der Waals surface area contributed by atoms with E-state index in [9.17, 15) is 4.79 Å². The molecule has 2 rings (SSSR count). The van der Waals surface area contributed by atoms with Crippen molar-refractivity contribution in [1.82, 2.24) is 9.88 Å². The molecule has 1 aromatic rings. The van der Waals surface area contributed by atoms with Crippen LogP contribution in [0.4, 0.5) is 0 Å². The number of nitrogens with zero attached hydrogens (tertiary/aromatic N) is 1. The summed E-state index contributed by atoms with van der Waals surface area (Å²) in [6, 6.07) is 2.43. The molecular weight excluding hydrogens is 300 g/mol. The zero-order valence-electron chi connectivity index (χ0n) is 10.1. The summed E-state index contributed by atoms with van der Waals surface area (Å²) in [6.45, 7) is 2.83. The van der Waals surface area contributed by atoms with Gasteiger partial charge in [0, 0.05) is 28.5 Å². The lowest BCUT2D eigenvalue weighted by molar-refractivity contribution is 0.0944. The van der Waals surface area contributed by atoms with Gasteiger partial charge in [0.2, 0.25) is 0 Å². The number of hydrogen-bond acceptors (Lipinski definition) is 2. The van der Waals surface area contributed by atoms with Crippen molar-refractivity contribution in [2.45, 2.75) is 31.1 Å². The van der Waals surface area contributed by atoms with Gasteiger partial charge in [-0.25, -0.2) is 0 Å². The average Bonchev–Trinajstić information content (AvgIpc) is 3.09. The van der Waals surface area contributed by atoms with E-state index in [0.29, 0.717) is 17.8 Å². The maximum absolute atomic E-state index is 12.1. The summed E-state index contributed by atoms with van der Waals surface area (Å²) in [5, 5.41) is 3.44. The second kappa shape index (κ2) is 5.48. The van der Waals surface area contributed by atoms with Crippen LogP contribution in [0.5, 0.6) is 0 Å². The minimum absolute atomic E-state index is 0.0310. The first-order chi connectivity index (χ1) is 8.11. The Hall–Kier alpha value is -0.420. The highest BCUT2D eigenvalue weighted by Crippen LogP contribution is 2.37. The summed E-state index contributed by atoms with van der Waals surface area (Å²) in [4.78, 5) is 12.1. The standard InChI is InChI=1S/C12H17BrN2OS/c1-8(17-2)6-14-12(16)11-5-9(13)7-15(11)10-3-4-10/h5,7-8,10H,3-4,6H2,1-2H3,(H,14,16). The van der Waals surface area contributed by atoms with Crippen LogP contribution in [0.25, 0.3) is 0 Å². The van der Waals surface area contributed by atoms with Crippen molar-refractivity contribution in [2.24, 2.45) is 0 Å². The molecular formula is C12H17BrN2OS. The monoisotopic (exact) mass is 316 g/mol. The molecule has 0 spiro atoms. The average molecular weight is 317 g/mol. The van der Waals surface area contributed by atoms with Crippen LogP contribution in [0, 0.1) is 0 Å². The van der Waals surface area contributed by atoms with E-state index in [0.717, 1.165) is 10.2 Å². The quantitative estimate of drug-likeness (QED) is 0.905. The van der Waals surface area contributed by atoms with Crippen molar-refractivity contribution in [1.29, 1.82) is 0 Å². The third-order valence-corrected chi connectivity index (χ3v) is 4.35. The maximum Gasteiger partial charge on any atom is 0.267 e. The SMILES string of the molecule is CSC(C)CNC(=O)c1cc(Br)cn1C1CC1. The Kier molecular flexibility index (Phi) is 4.20. The number of hydrogen-bond donors (Lipinski definition) is 1. The summed E-state index contributed by atoms with van der Waals surface area (Å²) < 4.78 is 3.07. The van der Waals surface area contributed by atoms with Crippen molar-refractivity contribution in [3.05, 3.63) is 22.4 Å². The van der Waals surface area contributed by atoms with Crippen molar-refractivity contribution in [3.8, 4) is 0 Å². The molecule has 0 radical (unpaired) electrons. The number of amides is 1. The van der Waals surface area contributed by atoms with Crippen LogP contribution in [0.1, 0.15) is 36.3 Å². The highest BCUT2D eigenvalue weighted by atomic mass is 79.9. The third kappa shape index (κ3) is 3.28. The maximum atomic E-state index is 12.1. The van der Waals surface area contributed by atoms with Crippen molar-refractivity contribution in [3.63, 3.8) is 0 Å². The van der Waals surface area contributed by atoms with Crippen LogP contribution in [0.15, 0.2) is 16.7 Å². The zero-order valence-corrected chi connectivity index (χ0v) is 12.5. The molecule has 1 amide bonds. The highest BCUT2D eigenvalue weighted by Gasteiger charge is 2.27. The first kappa shape index (κ1) is 13.0. The molecule has 0 bridgehead atoms. The van der Waals surface area contributed by atoms with Gasteiger partial charge in [-0.15, -0.1) is 0 Å². The molecule has 1 saturated carbocycles. The van der Waals surface area contributed by atoms with Gasteiger partial charge in [0.05, 0.1) is 0 Å². The number of aromatic nitrogens is 1. The minimum Gasteiger partial charge on any atom is -0.350 e. The van der Waals surface area contributed by atoms with E-state index >= 15 is 0 Å². The van der Waals surface area contributed by atoms with E-state index in [-0.39, 0.29) is 5.91 Å². The minimum atomic E-state index is 0.0310. The predicted octanol–water partition coefficient (Wildman–Crippen LogP) is 3.07. The number of nitrogens with one attached hydrogen (secondary N) is 1. The van der Waals surface area contributed by atoms with E-state index < -0.39 is 0 Å². The van der Waals surface area contributed by atoms with Gasteiger partial charge in [0.15, 0.2) is 0 Å². The molecule has 1 unspecified atom stereocenters. The van der Waals surface area contributed by atoms with Gasteiger partial charge in [0.25, 0.3) is 5.91 Å². The van der Waals surface area contributed by atoms with Gasteiger partial charge >= 0.3 is 0 Å². The summed E-state index contributed by atoms with van der Waals surface area (Å²) in [5.74, 6) is 0.0310. The predicted molar refractivity (Wildman–Crippen MR) is 75.7 cm³/mol. The first-order valence-electron chi connectivity index (χ1n) is 5.80. The summed E-state index contributed by atoms with van der Waals surface area (Å²) >= 11 is 5.20. The fourth-order valence-electron chi connectivity index (χ4n) is 1.69. The summed E-state index contributed by atoms with van der Waals surface area (Å²) in [7, 11) is 0. The Morgan fingerprint density at radius 2 is 2.41 bits per heavy atom. The van der Waals surface area contributed by atoms with Gasteiger partial charge in [-0.2, -0.15) is 11.8 Å². The molecule has 0 saturated heterocycles. The molecule has 1 heterocycles. The van der Waals surface area contributed by atoms with Crippen LogP contribution in [0.2, 0.25) is 0 Å². The Balaban J connectivity index is 2.03. The van der Waals surface area contributed by atoms with Crippen molar-refractivity contribution >= 4 is 33.6 Å². The topological polar surface area (TPSA) is 34.0 Å². The van der Waals surface area contributed by atoms with Crippen molar-refractivity contribution in [2.75, 3.05) is 12.8 Å². The number of rotatable bonds is 5. The largest absolute Gasteiger partial charge is 0.350 e. The number of carbonyl (C=O) groups is 1. The number of thioether (sulfide) groups is 1. The van der Waals surface area contributed by atoms with Crippen LogP contribution in [0.3, 0.4) is 0 Å². The van der Waals surface area contributed by atoms with Gasteiger partial charge in [0.1, 0.15) is 5.69 Å². The molecule has 94 valence electrons. The molecule has 3 nitrogen and oxygen atoms in total. The van der Waals surface area contributed by atoms with Gasteiger partial charge in [-0.05, 0) is 41.1 Å². The van der Waals surface area contributed by atoms with Crippen LogP contribution in [-0.2, 0) is 0 Å². The lowest BCUT2D eigenvalue weighted by atomic mass is 10.3. The number of carbonyl (C=O) groups excluding carboxylic acids is 1. The summed E-state index contributed by atoms with van der Waals surface area (Å²) in [6.07, 6.45) is 6.43. The third-order valence-electron chi connectivity index (χ3n) is 2.94. The lowest BCUT2D eigenvalue weighted by Crippen LogP contribution is -2.30. The molecule has 1 N–H and O–H groups in total. The molecule has 0 aliphatic heterocycles. The Morgan fingerprint density at radius 3 is 3.00 bits per heavy atom. The summed E-state index contributed by atoms with van der Waals surface area (Å²) in [5.41, 5.74) is 0.771. The Labute approximate surface area is 114 Å². The van der Waals surface area contributed by atoms with E-state index in [2.05, 4.69) is 39.0 Å². The molecule has 5 heteroatoms. The first-order valence-corrected chi connectivity index (χ1v) is 7.88. The van der Waals surface area contributed by atoms with Crippen molar-refractivity contribution < 1.29 is 4.79 Å². The molecule has 17 heavy (non-hydrogen) atoms. The molecule has 0 aromatic carbocycles. The van der Waals surface area contributed by atoms with Gasteiger partial charge < -0.3 is 9.88 Å². The van der Waals surface area contributed by atoms with Crippen LogP contribution in [-0.4, -0.2) is 28.5 Å². The molecule has 1 aliphatic rings. The second-order valence-electron chi connectivity index (χ2n) is 4.44. The number of halogens is 1. The van der Waals surface area contributed by atoms with Crippen LogP contribution >= 0.6 is 27.7 Å². The van der Waals surface area contributed by atoms with Crippen LogP contribution < -0.4 is 5.32 Å². The highest BCUT2D eigenvalue weighted by molar-refractivity contribution is 9.10. The van der Waals surface area contributed by atoms with E-state index in [4.69, 9.17) is 0 Å².